The molecule has 0 unspecified atom stereocenters. The standard InChI is InChI=1S/C21H19ClN2O2/c1-4-7-15-17(8-5-2)24-18-10-6-9-16(20(15)18)21(25)26-19-11-14(22)12-23-13(19)3/h4-6,9-12,24H,1-2,7-8H2,3H3. The second-order valence-corrected chi connectivity index (χ2v) is 6.36. The third-order valence-electron chi connectivity index (χ3n) is 4.14. The van der Waals surface area contributed by atoms with E-state index in [4.69, 9.17) is 16.3 Å². The number of nitrogens with zero attached hydrogens (tertiary/aromatic N) is 1. The summed E-state index contributed by atoms with van der Waals surface area (Å²) in [4.78, 5) is 20.4. The van der Waals surface area contributed by atoms with Crippen LogP contribution in [-0.4, -0.2) is 15.9 Å². The van der Waals surface area contributed by atoms with Crippen molar-refractivity contribution in [2.45, 2.75) is 19.8 Å². The summed E-state index contributed by atoms with van der Waals surface area (Å²) in [6, 6.07) is 7.12. The predicted octanol–water partition coefficient (Wildman–Crippen LogP) is 5.20. The molecule has 26 heavy (non-hydrogen) atoms. The van der Waals surface area contributed by atoms with E-state index in [2.05, 4.69) is 23.1 Å². The van der Waals surface area contributed by atoms with E-state index in [9.17, 15) is 4.79 Å². The molecule has 3 aromatic rings. The van der Waals surface area contributed by atoms with Crippen molar-refractivity contribution >= 4 is 28.5 Å². The number of benzene rings is 1. The maximum Gasteiger partial charge on any atom is 0.344 e. The van der Waals surface area contributed by atoms with Crippen molar-refractivity contribution in [2.75, 3.05) is 0 Å². The van der Waals surface area contributed by atoms with Gasteiger partial charge in [-0.2, -0.15) is 0 Å². The molecule has 0 spiro atoms. The van der Waals surface area contributed by atoms with E-state index in [1.54, 1.807) is 19.1 Å². The molecule has 0 fully saturated rings. The number of rotatable bonds is 6. The zero-order chi connectivity index (χ0) is 18.7. The number of halogens is 1. The Morgan fingerprint density at radius 1 is 1.31 bits per heavy atom. The fourth-order valence-electron chi connectivity index (χ4n) is 2.98. The van der Waals surface area contributed by atoms with E-state index in [0.29, 0.717) is 34.9 Å². The van der Waals surface area contributed by atoms with E-state index in [0.717, 1.165) is 22.2 Å². The SMILES string of the molecule is C=CCc1[nH]c2cccc(C(=O)Oc3cc(Cl)cnc3C)c2c1CC=C. The van der Waals surface area contributed by atoms with E-state index in [1.165, 1.54) is 6.20 Å². The fraction of sp³-hybridized carbons (Fsp3) is 0.143. The third-order valence-corrected chi connectivity index (χ3v) is 4.35. The monoisotopic (exact) mass is 366 g/mol. The molecule has 0 saturated heterocycles. The molecule has 0 radical (unpaired) electrons. The molecular weight excluding hydrogens is 348 g/mol. The molecule has 0 amide bonds. The molecule has 1 aromatic carbocycles. The van der Waals surface area contributed by atoms with Crippen LogP contribution >= 0.6 is 11.6 Å². The Morgan fingerprint density at radius 3 is 2.81 bits per heavy atom. The highest BCUT2D eigenvalue weighted by Crippen LogP contribution is 2.29. The Kier molecular flexibility index (Phi) is 5.24. The highest BCUT2D eigenvalue weighted by Gasteiger charge is 2.19. The van der Waals surface area contributed by atoms with Gasteiger partial charge >= 0.3 is 5.97 Å². The zero-order valence-corrected chi connectivity index (χ0v) is 15.3. The van der Waals surface area contributed by atoms with Crippen LogP contribution in [0.5, 0.6) is 5.75 Å². The lowest BCUT2D eigenvalue weighted by Crippen LogP contribution is -2.10. The Hall–Kier alpha value is -2.85. The highest BCUT2D eigenvalue weighted by atomic mass is 35.5. The van der Waals surface area contributed by atoms with Crippen LogP contribution in [0.1, 0.15) is 27.3 Å². The minimum absolute atomic E-state index is 0.353. The number of allylic oxidation sites excluding steroid dienone is 2. The average Bonchev–Trinajstić information content (AvgIpc) is 2.96. The number of H-pyrrole nitrogens is 1. The number of carbonyl (C=O) groups is 1. The van der Waals surface area contributed by atoms with E-state index in [1.807, 2.05) is 24.3 Å². The van der Waals surface area contributed by atoms with Crippen LogP contribution in [0.25, 0.3) is 10.9 Å². The first-order chi connectivity index (χ1) is 12.5. The van der Waals surface area contributed by atoms with E-state index < -0.39 is 5.97 Å². The number of pyridine rings is 1. The van der Waals surface area contributed by atoms with E-state index >= 15 is 0 Å². The molecule has 0 atom stereocenters. The van der Waals surface area contributed by atoms with Crippen molar-refractivity contribution in [1.29, 1.82) is 0 Å². The summed E-state index contributed by atoms with van der Waals surface area (Å²) in [6.07, 6.45) is 6.50. The Bertz CT molecular complexity index is 1000. The summed E-state index contributed by atoms with van der Waals surface area (Å²) in [7, 11) is 0. The lowest BCUT2D eigenvalue weighted by molar-refractivity contribution is 0.0735. The van der Waals surface area contributed by atoms with Gasteiger partial charge in [0.25, 0.3) is 0 Å². The van der Waals surface area contributed by atoms with Crippen LogP contribution in [0.3, 0.4) is 0 Å². The summed E-state index contributed by atoms with van der Waals surface area (Å²) in [5.41, 5.74) is 4.03. The number of aromatic nitrogens is 2. The molecular formula is C21H19ClN2O2. The lowest BCUT2D eigenvalue weighted by Gasteiger charge is -2.09. The normalized spacial score (nSPS) is 10.7. The summed E-state index contributed by atoms with van der Waals surface area (Å²) < 4.78 is 5.58. The van der Waals surface area contributed by atoms with Gasteiger partial charge in [-0.3, -0.25) is 4.98 Å². The molecule has 4 nitrogen and oxygen atoms in total. The van der Waals surface area contributed by atoms with Gasteiger partial charge in [0.2, 0.25) is 0 Å². The first kappa shape index (κ1) is 18.0. The van der Waals surface area contributed by atoms with Crippen LogP contribution in [0.4, 0.5) is 0 Å². The number of aromatic amines is 1. The van der Waals surface area contributed by atoms with Gasteiger partial charge in [0.05, 0.1) is 16.3 Å². The molecule has 132 valence electrons. The second-order valence-electron chi connectivity index (χ2n) is 5.92. The molecule has 0 bridgehead atoms. The molecule has 0 aliphatic carbocycles. The molecule has 5 heteroatoms. The largest absolute Gasteiger partial charge is 0.421 e. The molecule has 0 aliphatic rings. The Labute approximate surface area is 157 Å². The van der Waals surface area contributed by atoms with Crippen molar-refractivity contribution in [3.05, 3.63) is 83.3 Å². The number of hydrogen-bond donors (Lipinski definition) is 1. The quantitative estimate of drug-likeness (QED) is 0.481. The minimum Gasteiger partial charge on any atom is -0.421 e. The first-order valence-electron chi connectivity index (χ1n) is 8.23. The second kappa shape index (κ2) is 7.58. The molecule has 1 N–H and O–H groups in total. The number of hydrogen-bond acceptors (Lipinski definition) is 3. The Morgan fingerprint density at radius 2 is 2.08 bits per heavy atom. The van der Waals surface area contributed by atoms with Gasteiger partial charge in [0, 0.05) is 35.3 Å². The maximum atomic E-state index is 12.9. The van der Waals surface area contributed by atoms with Gasteiger partial charge in [0.1, 0.15) is 0 Å². The van der Waals surface area contributed by atoms with Crippen molar-refractivity contribution in [3.8, 4) is 5.75 Å². The molecule has 0 aliphatic heterocycles. The summed E-state index contributed by atoms with van der Waals surface area (Å²) >= 11 is 5.97. The average molecular weight is 367 g/mol. The predicted molar refractivity (Wildman–Crippen MR) is 105 cm³/mol. The lowest BCUT2D eigenvalue weighted by atomic mass is 10.0. The van der Waals surface area contributed by atoms with Gasteiger partial charge < -0.3 is 9.72 Å². The van der Waals surface area contributed by atoms with Crippen LogP contribution in [0, 0.1) is 6.92 Å². The van der Waals surface area contributed by atoms with Gasteiger partial charge in [-0.25, -0.2) is 4.79 Å². The molecule has 2 aromatic heterocycles. The number of fused-ring (bicyclic) bond motifs is 1. The summed E-state index contributed by atoms with van der Waals surface area (Å²) in [6.45, 7) is 9.40. The smallest absolute Gasteiger partial charge is 0.344 e. The van der Waals surface area contributed by atoms with Crippen LogP contribution in [0.15, 0.2) is 55.8 Å². The highest BCUT2D eigenvalue weighted by molar-refractivity contribution is 6.30. The Balaban J connectivity index is 2.09. The third kappa shape index (κ3) is 3.41. The number of carbonyl (C=O) groups excluding carboxylic acids is 1. The fourth-order valence-corrected chi connectivity index (χ4v) is 3.12. The van der Waals surface area contributed by atoms with Gasteiger partial charge in [-0.1, -0.05) is 29.8 Å². The molecule has 0 saturated carbocycles. The topological polar surface area (TPSA) is 55.0 Å². The molecule has 2 heterocycles. The van der Waals surface area contributed by atoms with Crippen LogP contribution in [0.2, 0.25) is 5.02 Å². The number of ether oxygens (including phenoxy) is 1. The maximum absolute atomic E-state index is 12.9. The van der Waals surface area contributed by atoms with Crippen molar-refractivity contribution in [1.82, 2.24) is 9.97 Å². The van der Waals surface area contributed by atoms with Gasteiger partial charge in [-0.05, 0) is 31.0 Å². The number of esters is 1. The van der Waals surface area contributed by atoms with Gasteiger partial charge in [-0.15, -0.1) is 13.2 Å². The van der Waals surface area contributed by atoms with Crippen molar-refractivity contribution < 1.29 is 9.53 Å². The summed E-state index contributed by atoms with van der Waals surface area (Å²) in [5.74, 6) is -0.0937. The van der Waals surface area contributed by atoms with Crippen LogP contribution < -0.4 is 4.74 Å². The minimum atomic E-state index is -0.447. The van der Waals surface area contributed by atoms with Crippen molar-refractivity contribution in [2.24, 2.45) is 0 Å². The molecule has 3 rings (SSSR count). The summed E-state index contributed by atoms with van der Waals surface area (Å²) in [5, 5.41) is 1.26. The number of nitrogens with one attached hydrogen (secondary N) is 1. The van der Waals surface area contributed by atoms with Crippen LogP contribution in [-0.2, 0) is 12.8 Å². The zero-order valence-electron chi connectivity index (χ0n) is 14.5. The van der Waals surface area contributed by atoms with Crippen molar-refractivity contribution in [3.63, 3.8) is 0 Å². The van der Waals surface area contributed by atoms with Gasteiger partial charge in [0.15, 0.2) is 5.75 Å². The van der Waals surface area contributed by atoms with E-state index in [-0.39, 0.29) is 0 Å². The first-order valence-corrected chi connectivity index (χ1v) is 8.61. The number of aryl methyl sites for hydroxylation is 1.